The summed E-state index contributed by atoms with van der Waals surface area (Å²) in [5.74, 6) is 1.57. The lowest BCUT2D eigenvalue weighted by Crippen LogP contribution is -2.58. The third kappa shape index (κ3) is 2.09. The van der Waals surface area contributed by atoms with Gasteiger partial charge in [0.15, 0.2) is 0 Å². The molecule has 1 atom stereocenters. The fourth-order valence-electron chi connectivity index (χ4n) is 6.11. The number of piperidine rings is 1. The molecule has 116 valence electrons. The molecule has 0 aromatic rings. The molecule has 4 saturated carbocycles. The number of aliphatic carboxylic acids is 1. The molecule has 5 fully saturated rings. The van der Waals surface area contributed by atoms with Crippen molar-refractivity contribution < 1.29 is 14.7 Å². The second-order valence-corrected chi connectivity index (χ2v) is 8.05. The largest absolute Gasteiger partial charge is 0.480 e. The van der Waals surface area contributed by atoms with Gasteiger partial charge in [0.25, 0.3) is 0 Å². The Morgan fingerprint density at radius 2 is 1.52 bits per heavy atom. The number of carboxylic acid groups (broad SMARTS) is 1. The van der Waals surface area contributed by atoms with Gasteiger partial charge in [-0.2, -0.15) is 0 Å². The zero-order valence-corrected chi connectivity index (χ0v) is 12.6. The first-order valence-corrected chi connectivity index (χ1v) is 8.61. The SMILES string of the molecule is O=C(O)[C@@H]1CCCCN1C(=O)C12CC3CC(CC(C3)C1)C2. The molecule has 4 bridgehead atoms. The van der Waals surface area contributed by atoms with Crippen LogP contribution in [0.2, 0.25) is 0 Å². The van der Waals surface area contributed by atoms with Gasteiger partial charge in [0.1, 0.15) is 6.04 Å². The highest BCUT2D eigenvalue weighted by molar-refractivity contribution is 5.88. The van der Waals surface area contributed by atoms with Crippen LogP contribution in [-0.2, 0) is 9.59 Å². The Bertz CT molecular complexity index is 437. The molecular formula is C17H25NO3. The van der Waals surface area contributed by atoms with Crippen molar-refractivity contribution in [3.63, 3.8) is 0 Å². The highest BCUT2D eigenvalue weighted by Crippen LogP contribution is 2.60. The monoisotopic (exact) mass is 291 g/mol. The third-order valence-electron chi connectivity index (χ3n) is 6.54. The smallest absolute Gasteiger partial charge is 0.326 e. The molecule has 4 heteroatoms. The summed E-state index contributed by atoms with van der Waals surface area (Å²) < 4.78 is 0. The summed E-state index contributed by atoms with van der Waals surface area (Å²) >= 11 is 0. The van der Waals surface area contributed by atoms with Crippen LogP contribution in [0.4, 0.5) is 0 Å². The first-order chi connectivity index (χ1) is 10.1. The second kappa shape index (κ2) is 4.72. The van der Waals surface area contributed by atoms with Crippen LogP contribution in [0.25, 0.3) is 0 Å². The molecule has 0 radical (unpaired) electrons. The summed E-state index contributed by atoms with van der Waals surface area (Å²) in [4.78, 5) is 26.5. The molecule has 0 aromatic carbocycles. The van der Waals surface area contributed by atoms with Crippen molar-refractivity contribution in [2.24, 2.45) is 23.2 Å². The lowest BCUT2D eigenvalue weighted by molar-refractivity contribution is -0.167. The first-order valence-electron chi connectivity index (χ1n) is 8.61. The molecule has 21 heavy (non-hydrogen) atoms. The molecular weight excluding hydrogens is 266 g/mol. The van der Waals surface area contributed by atoms with Gasteiger partial charge in [-0.3, -0.25) is 4.79 Å². The molecule has 0 unspecified atom stereocenters. The van der Waals surface area contributed by atoms with E-state index in [-0.39, 0.29) is 11.3 Å². The fraction of sp³-hybridized carbons (Fsp3) is 0.882. The molecule has 5 aliphatic rings. The number of hydrogen-bond acceptors (Lipinski definition) is 2. The maximum Gasteiger partial charge on any atom is 0.326 e. The van der Waals surface area contributed by atoms with E-state index in [1.807, 2.05) is 0 Å². The van der Waals surface area contributed by atoms with Crippen molar-refractivity contribution in [1.82, 2.24) is 4.90 Å². The summed E-state index contributed by atoms with van der Waals surface area (Å²) in [6, 6.07) is -0.570. The minimum absolute atomic E-state index is 0.189. The van der Waals surface area contributed by atoms with Gasteiger partial charge in [-0.1, -0.05) is 0 Å². The average Bonchev–Trinajstić information content (AvgIpc) is 2.45. The number of rotatable bonds is 2. The number of carbonyl (C=O) groups is 2. The van der Waals surface area contributed by atoms with Crippen molar-refractivity contribution in [2.45, 2.75) is 63.8 Å². The fourth-order valence-corrected chi connectivity index (χ4v) is 6.11. The minimum Gasteiger partial charge on any atom is -0.480 e. The Morgan fingerprint density at radius 1 is 0.952 bits per heavy atom. The summed E-state index contributed by atoms with van der Waals surface area (Å²) in [6.07, 6.45) is 9.55. The molecule has 1 saturated heterocycles. The quantitative estimate of drug-likeness (QED) is 0.851. The Kier molecular flexibility index (Phi) is 3.05. The molecule has 0 aromatic heterocycles. The average molecular weight is 291 g/mol. The lowest BCUT2D eigenvalue weighted by Gasteiger charge is -2.57. The maximum atomic E-state index is 13.2. The predicted molar refractivity (Wildman–Crippen MR) is 77.6 cm³/mol. The van der Waals surface area contributed by atoms with E-state index in [2.05, 4.69) is 0 Å². The summed E-state index contributed by atoms with van der Waals surface area (Å²) in [5.41, 5.74) is -0.195. The van der Waals surface area contributed by atoms with Crippen molar-refractivity contribution in [2.75, 3.05) is 6.54 Å². The molecule has 0 spiro atoms. The van der Waals surface area contributed by atoms with E-state index >= 15 is 0 Å². The van der Waals surface area contributed by atoms with Crippen molar-refractivity contribution in [1.29, 1.82) is 0 Å². The Morgan fingerprint density at radius 3 is 2.05 bits per heavy atom. The van der Waals surface area contributed by atoms with E-state index in [4.69, 9.17) is 0 Å². The highest BCUT2D eigenvalue weighted by Gasteiger charge is 2.56. The summed E-state index contributed by atoms with van der Waals surface area (Å²) in [6.45, 7) is 0.650. The van der Waals surface area contributed by atoms with Crippen LogP contribution in [0.5, 0.6) is 0 Å². The van der Waals surface area contributed by atoms with Gasteiger partial charge in [0.05, 0.1) is 5.41 Å². The van der Waals surface area contributed by atoms with Crippen LogP contribution in [-0.4, -0.2) is 34.5 Å². The van der Waals surface area contributed by atoms with E-state index in [9.17, 15) is 14.7 Å². The van der Waals surface area contributed by atoms with E-state index in [0.29, 0.717) is 13.0 Å². The standard InChI is InChI=1S/C17H25NO3/c19-15(20)14-3-1-2-4-18(14)16(21)17-8-11-5-12(9-17)7-13(6-11)10-17/h11-14H,1-10H2,(H,19,20)/t11?,12?,13?,14-,17?/m0/s1. The third-order valence-corrected chi connectivity index (χ3v) is 6.54. The van der Waals surface area contributed by atoms with E-state index < -0.39 is 12.0 Å². The van der Waals surface area contributed by atoms with Crippen LogP contribution in [0.1, 0.15) is 57.8 Å². The zero-order chi connectivity index (χ0) is 14.6. The van der Waals surface area contributed by atoms with Gasteiger partial charge in [-0.05, 0) is 75.5 Å². The highest BCUT2D eigenvalue weighted by atomic mass is 16.4. The number of carboxylic acids is 1. The van der Waals surface area contributed by atoms with Gasteiger partial charge in [0, 0.05) is 6.54 Å². The minimum atomic E-state index is -0.812. The molecule has 1 heterocycles. The van der Waals surface area contributed by atoms with Crippen LogP contribution in [0.15, 0.2) is 0 Å². The summed E-state index contributed by atoms with van der Waals surface area (Å²) in [7, 11) is 0. The lowest BCUT2D eigenvalue weighted by atomic mass is 9.49. The van der Waals surface area contributed by atoms with Gasteiger partial charge >= 0.3 is 5.97 Å². The van der Waals surface area contributed by atoms with E-state index in [1.165, 1.54) is 19.3 Å². The van der Waals surface area contributed by atoms with E-state index in [1.54, 1.807) is 4.90 Å². The normalized spacial score (nSPS) is 44.9. The molecule has 5 rings (SSSR count). The maximum absolute atomic E-state index is 13.2. The van der Waals surface area contributed by atoms with Crippen LogP contribution < -0.4 is 0 Å². The Hall–Kier alpha value is -1.06. The van der Waals surface area contributed by atoms with Gasteiger partial charge in [-0.15, -0.1) is 0 Å². The van der Waals surface area contributed by atoms with Gasteiger partial charge < -0.3 is 10.0 Å². The predicted octanol–water partition coefficient (Wildman–Crippen LogP) is 2.67. The van der Waals surface area contributed by atoms with E-state index in [0.717, 1.165) is 49.9 Å². The van der Waals surface area contributed by atoms with Crippen LogP contribution in [0, 0.1) is 23.2 Å². The number of hydrogen-bond donors (Lipinski definition) is 1. The van der Waals surface area contributed by atoms with Crippen molar-refractivity contribution in [3.8, 4) is 0 Å². The molecule has 4 aliphatic carbocycles. The summed E-state index contributed by atoms with van der Waals surface area (Å²) in [5, 5.41) is 9.45. The number of carbonyl (C=O) groups excluding carboxylic acids is 1. The molecule has 1 aliphatic heterocycles. The molecule has 4 nitrogen and oxygen atoms in total. The van der Waals surface area contributed by atoms with Crippen molar-refractivity contribution >= 4 is 11.9 Å². The zero-order valence-electron chi connectivity index (χ0n) is 12.6. The Balaban J connectivity index is 1.60. The van der Waals surface area contributed by atoms with Crippen LogP contribution in [0.3, 0.4) is 0 Å². The number of likely N-dealkylation sites (tertiary alicyclic amines) is 1. The van der Waals surface area contributed by atoms with Crippen molar-refractivity contribution in [3.05, 3.63) is 0 Å². The number of nitrogens with zero attached hydrogens (tertiary/aromatic N) is 1. The molecule has 1 N–H and O–H groups in total. The van der Waals surface area contributed by atoms with Gasteiger partial charge in [0.2, 0.25) is 5.91 Å². The first kappa shape index (κ1) is 13.6. The topological polar surface area (TPSA) is 57.6 Å². The van der Waals surface area contributed by atoms with Gasteiger partial charge in [-0.25, -0.2) is 4.79 Å². The number of amides is 1. The molecule has 1 amide bonds. The van der Waals surface area contributed by atoms with Crippen LogP contribution >= 0.6 is 0 Å². The Labute approximate surface area is 125 Å². The second-order valence-electron chi connectivity index (χ2n) is 8.05.